The van der Waals surface area contributed by atoms with Crippen molar-refractivity contribution in [1.82, 2.24) is 0 Å². The molecule has 0 saturated heterocycles. The number of para-hydroxylation sites is 1. The van der Waals surface area contributed by atoms with Gasteiger partial charge in [-0.3, -0.25) is 14.5 Å². The average molecular weight is 176 g/mol. The number of rotatable bonds is 1. The summed E-state index contributed by atoms with van der Waals surface area (Å²) in [6.45, 7) is 0.0432. The van der Waals surface area contributed by atoms with Crippen molar-refractivity contribution in [3.05, 3.63) is 29.8 Å². The predicted molar refractivity (Wildman–Crippen MR) is 47.3 cm³/mol. The first-order valence-electron chi connectivity index (χ1n) is 3.91. The highest BCUT2D eigenvalue weighted by atomic mass is 16.2. The number of hydrogen-bond donors (Lipinski definition) is 1. The Morgan fingerprint density at radius 3 is 2.62 bits per heavy atom. The summed E-state index contributed by atoms with van der Waals surface area (Å²) in [6.07, 6.45) is 0. The molecular formula is C9H8N2O2. The van der Waals surface area contributed by atoms with Crippen LogP contribution in [0.2, 0.25) is 0 Å². The molecule has 0 atom stereocenters. The zero-order valence-corrected chi connectivity index (χ0v) is 6.86. The van der Waals surface area contributed by atoms with E-state index in [0.717, 1.165) is 0 Å². The van der Waals surface area contributed by atoms with Crippen molar-refractivity contribution < 1.29 is 9.59 Å². The molecule has 1 heterocycles. The summed E-state index contributed by atoms with van der Waals surface area (Å²) < 4.78 is 0. The Labute approximate surface area is 74.9 Å². The Morgan fingerprint density at radius 1 is 1.23 bits per heavy atom. The number of Topliss-reactive ketones (excluding diaryl/α,β-unsaturated/α-hetero) is 1. The lowest BCUT2D eigenvalue weighted by atomic mass is 10.1. The van der Waals surface area contributed by atoms with Gasteiger partial charge in [0.05, 0.1) is 17.9 Å². The van der Waals surface area contributed by atoms with Gasteiger partial charge in [0.15, 0.2) is 0 Å². The molecule has 4 heteroatoms. The highest BCUT2D eigenvalue weighted by molar-refractivity contribution is 6.52. The lowest BCUT2D eigenvalue weighted by molar-refractivity contribution is -0.114. The van der Waals surface area contributed by atoms with Gasteiger partial charge in [0.2, 0.25) is 0 Å². The van der Waals surface area contributed by atoms with Gasteiger partial charge in [0, 0.05) is 0 Å². The third kappa shape index (κ3) is 0.957. The van der Waals surface area contributed by atoms with Gasteiger partial charge in [-0.2, -0.15) is 0 Å². The molecular weight excluding hydrogens is 168 g/mol. The van der Waals surface area contributed by atoms with Gasteiger partial charge >= 0.3 is 5.91 Å². The van der Waals surface area contributed by atoms with Gasteiger partial charge in [-0.1, -0.05) is 12.1 Å². The van der Waals surface area contributed by atoms with E-state index in [0.29, 0.717) is 11.3 Å². The maximum Gasteiger partial charge on any atom is 0.300 e. The van der Waals surface area contributed by atoms with E-state index < -0.39 is 11.7 Å². The van der Waals surface area contributed by atoms with Crippen LogP contribution in [0.5, 0.6) is 0 Å². The van der Waals surface area contributed by atoms with Crippen molar-refractivity contribution in [2.24, 2.45) is 5.73 Å². The summed E-state index contributed by atoms with van der Waals surface area (Å²) in [6, 6.07) is 6.84. The number of fused-ring (bicyclic) bond motifs is 1. The van der Waals surface area contributed by atoms with Crippen LogP contribution in [0.15, 0.2) is 24.3 Å². The van der Waals surface area contributed by atoms with Crippen LogP contribution in [0, 0.1) is 0 Å². The standard InChI is InChI=1S/C9H8N2O2/c10-5-11-7-4-2-1-3-6(7)8(12)9(11)13/h1-4H,5,10H2. The molecule has 0 fully saturated rings. The fraction of sp³-hybridized carbons (Fsp3) is 0.111. The van der Waals surface area contributed by atoms with Gasteiger partial charge in [-0.25, -0.2) is 0 Å². The number of benzene rings is 1. The Kier molecular flexibility index (Phi) is 1.63. The van der Waals surface area contributed by atoms with E-state index in [1.165, 1.54) is 4.90 Å². The highest BCUT2D eigenvalue weighted by Gasteiger charge is 2.34. The zero-order chi connectivity index (χ0) is 9.42. The van der Waals surface area contributed by atoms with Crippen molar-refractivity contribution in [1.29, 1.82) is 0 Å². The molecule has 1 aliphatic heterocycles. The van der Waals surface area contributed by atoms with E-state index in [-0.39, 0.29) is 6.67 Å². The first-order valence-corrected chi connectivity index (χ1v) is 3.91. The SMILES string of the molecule is NCN1C(=O)C(=O)c2ccccc21. The molecule has 0 saturated carbocycles. The molecule has 1 aromatic rings. The Balaban J connectivity index is 2.60. The first kappa shape index (κ1) is 7.94. The van der Waals surface area contributed by atoms with Crippen LogP contribution in [-0.2, 0) is 4.79 Å². The molecule has 0 aromatic heterocycles. The van der Waals surface area contributed by atoms with Gasteiger partial charge in [-0.05, 0) is 12.1 Å². The molecule has 0 aliphatic carbocycles. The Morgan fingerprint density at radius 2 is 1.92 bits per heavy atom. The van der Waals surface area contributed by atoms with E-state index in [2.05, 4.69) is 0 Å². The molecule has 0 unspecified atom stereocenters. The summed E-state index contributed by atoms with van der Waals surface area (Å²) in [5.41, 5.74) is 6.41. The zero-order valence-electron chi connectivity index (χ0n) is 6.86. The maximum atomic E-state index is 11.3. The van der Waals surface area contributed by atoms with Crippen LogP contribution >= 0.6 is 0 Å². The largest absolute Gasteiger partial charge is 0.313 e. The number of amides is 1. The second kappa shape index (κ2) is 2.67. The summed E-state index contributed by atoms with van der Waals surface area (Å²) in [5, 5.41) is 0. The average Bonchev–Trinajstić information content (AvgIpc) is 2.41. The summed E-state index contributed by atoms with van der Waals surface area (Å²) in [7, 11) is 0. The van der Waals surface area contributed by atoms with Crippen molar-refractivity contribution in [2.75, 3.05) is 11.6 Å². The fourth-order valence-electron chi connectivity index (χ4n) is 1.43. The summed E-state index contributed by atoms with van der Waals surface area (Å²) in [5.74, 6) is -1.01. The van der Waals surface area contributed by atoms with Crippen LogP contribution in [0.3, 0.4) is 0 Å². The fourth-order valence-corrected chi connectivity index (χ4v) is 1.43. The van der Waals surface area contributed by atoms with Crippen LogP contribution < -0.4 is 10.6 Å². The van der Waals surface area contributed by atoms with Gasteiger partial charge in [0.25, 0.3) is 5.78 Å². The number of nitrogens with zero attached hydrogens (tertiary/aromatic N) is 1. The molecule has 4 nitrogen and oxygen atoms in total. The van der Waals surface area contributed by atoms with Crippen molar-refractivity contribution in [3.8, 4) is 0 Å². The first-order chi connectivity index (χ1) is 6.25. The van der Waals surface area contributed by atoms with Crippen molar-refractivity contribution in [2.45, 2.75) is 0 Å². The van der Waals surface area contributed by atoms with Crippen molar-refractivity contribution >= 4 is 17.4 Å². The van der Waals surface area contributed by atoms with E-state index in [4.69, 9.17) is 5.73 Å². The molecule has 13 heavy (non-hydrogen) atoms. The van der Waals surface area contributed by atoms with E-state index >= 15 is 0 Å². The Hall–Kier alpha value is -1.68. The lowest BCUT2D eigenvalue weighted by Crippen LogP contribution is -2.34. The second-order valence-electron chi connectivity index (χ2n) is 2.76. The number of ketones is 1. The summed E-state index contributed by atoms with van der Waals surface area (Å²) in [4.78, 5) is 23.9. The van der Waals surface area contributed by atoms with Gasteiger partial charge in [-0.15, -0.1) is 0 Å². The molecule has 66 valence electrons. The molecule has 0 spiro atoms. The van der Waals surface area contributed by atoms with Crippen LogP contribution in [0.25, 0.3) is 0 Å². The van der Waals surface area contributed by atoms with E-state index in [1.807, 2.05) is 0 Å². The monoisotopic (exact) mass is 176 g/mol. The molecule has 0 radical (unpaired) electrons. The van der Waals surface area contributed by atoms with E-state index in [1.54, 1.807) is 24.3 Å². The maximum absolute atomic E-state index is 11.3. The van der Waals surface area contributed by atoms with Gasteiger partial charge < -0.3 is 5.73 Å². The molecule has 1 amide bonds. The third-order valence-corrected chi connectivity index (χ3v) is 2.06. The quantitative estimate of drug-likeness (QED) is 0.619. The Bertz CT molecular complexity index is 387. The lowest BCUT2D eigenvalue weighted by Gasteiger charge is -2.11. The van der Waals surface area contributed by atoms with Crippen LogP contribution in [0.4, 0.5) is 5.69 Å². The van der Waals surface area contributed by atoms with Crippen LogP contribution in [-0.4, -0.2) is 18.4 Å². The normalized spacial score (nSPS) is 15.0. The topological polar surface area (TPSA) is 63.4 Å². The minimum atomic E-state index is -0.538. The molecule has 2 N–H and O–H groups in total. The molecule has 0 bridgehead atoms. The second-order valence-corrected chi connectivity index (χ2v) is 2.76. The number of nitrogens with two attached hydrogens (primary N) is 1. The van der Waals surface area contributed by atoms with Gasteiger partial charge in [0.1, 0.15) is 0 Å². The minimum absolute atomic E-state index is 0.0432. The number of carbonyl (C=O) groups excluding carboxylic acids is 2. The molecule has 1 aromatic carbocycles. The smallest absolute Gasteiger partial charge is 0.300 e. The predicted octanol–water partition coefficient (Wildman–Crippen LogP) is 0.132. The highest BCUT2D eigenvalue weighted by Crippen LogP contribution is 2.27. The van der Waals surface area contributed by atoms with Crippen molar-refractivity contribution in [3.63, 3.8) is 0 Å². The number of carbonyl (C=O) groups is 2. The van der Waals surface area contributed by atoms with E-state index in [9.17, 15) is 9.59 Å². The van der Waals surface area contributed by atoms with Crippen LogP contribution in [0.1, 0.15) is 10.4 Å². The molecule has 1 aliphatic rings. The minimum Gasteiger partial charge on any atom is -0.313 e. The third-order valence-electron chi connectivity index (χ3n) is 2.06. The summed E-state index contributed by atoms with van der Waals surface area (Å²) >= 11 is 0. The molecule has 2 rings (SSSR count). The number of anilines is 1. The number of hydrogen-bond acceptors (Lipinski definition) is 3.